The molecule has 0 radical (unpaired) electrons. The third-order valence-electron chi connectivity index (χ3n) is 4.21. The Morgan fingerprint density at radius 2 is 1.82 bits per heavy atom. The standard InChI is InChI=1S/C17H13Cl2N5O4/c1-24-17(27)22-16(26)13(23-24)8-4-9(18)14(10(19)5-8)28-11-6-20-15(25)12(21-11)7-2-3-7/h4-7H,2-3H2,1H3,(H,20,25)(H,22,26,27). The number of aromatic nitrogens is 5. The Hall–Kier alpha value is -2.91. The monoisotopic (exact) mass is 421 g/mol. The SMILES string of the molecule is Cn1nc(-c2cc(Cl)c(Oc3c[nH]c(=O)c(C4CC4)n3)c(Cl)c2)c(=O)[nH]c1=O. The second-order valence-electron chi connectivity index (χ2n) is 6.33. The second-order valence-corrected chi connectivity index (χ2v) is 7.14. The first-order valence-electron chi connectivity index (χ1n) is 8.28. The molecule has 1 aliphatic rings. The number of hydrogen-bond acceptors (Lipinski definition) is 6. The molecule has 1 fully saturated rings. The highest BCUT2D eigenvalue weighted by Crippen LogP contribution is 2.40. The minimum absolute atomic E-state index is 0.0179. The number of nitrogens with one attached hydrogen (secondary N) is 2. The van der Waals surface area contributed by atoms with Gasteiger partial charge in [-0.3, -0.25) is 14.6 Å². The van der Waals surface area contributed by atoms with Crippen LogP contribution < -0.4 is 21.5 Å². The molecule has 28 heavy (non-hydrogen) atoms. The smallest absolute Gasteiger partial charge is 0.344 e. The normalized spacial score (nSPS) is 13.5. The summed E-state index contributed by atoms with van der Waals surface area (Å²) in [7, 11) is 1.40. The zero-order chi connectivity index (χ0) is 20.0. The molecule has 0 spiro atoms. The predicted molar refractivity (Wildman–Crippen MR) is 102 cm³/mol. The van der Waals surface area contributed by atoms with E-state index in [2.05, 4.69) is 20.1 Å². The van der Waals surface area contributed by atoms with E-state index in [0.717, 1.165) is 17.5 Å². The Bertz CT molecular complexity index is 1240. The number of hydrogen-bond donors (Lipinski definition) is 2. The molecule has 9 nitrogen and oxygen atoms in total. The van der Waals surface area contributed by atoms with E-state index in [-0.39, 0.29) is 38.8 Å². The van der Waals surface area contributed by atoms with E-state index in [9.17, 15) is 14.4 Å². The van der Waals surface area contributed by atoms with Gasteiger partial charge in [-0.25, -0.2) is 14.5 Å². The number of rotatable bonds is 4. The fourth-order valence-electron chi connectivity index (χ4n) is 2.65. The van der Waals surface area contributed by atoms with Gasteiger partial charge in [-0.1, -0.05) is 23.2 Å². The van der Waals surface area contributed by atoms with Crippen molar-refractivity contribution in [3.63, 3.8) is 0 Å². The van der Waals surface area contributed by atoms with Crippen LogP contribution in [-0.4, -0.2) is 24.7 Å². The van der Waals surface area contributed by atoms with Crippen LogP contribution in [0.5, 0.6) is 11.6 Å². The van der Waals surface area contributed by atoms with Crippen molar-refractivity contribution in [3.05, 3.63) is 65.3 Å². The van der Waals surface area contributed by atoms with Crippen LogP contribution in [0, 0.1) is 0 Å². The number of ether oxygens (including phenoxy) is 1. The van der Waals surface area contributed by atoms with Gasteiger partial charge in [-0.15, -0.1) is 0 Å². The number of halogens is 2. The Labute approximate surface area is 166 Å². The quantitative estimate of drug-likeness (QED) is 0.665. The fourth-order valence-corrected chi connectivity index (χ4v) is 3.22. The predicted octanol–water partition coefficient (Wildman–Crippen LogP) is 2.20. The second kappa shape index (κ2) is 6.92. The lowest BCUT2D eigenvalue weighted by Gasteiger charge is -2.11. The maximum absolute atomic E-state index is 12.0. The lowest BCUT2D eigenvalue weighted by Crippen LogP contribution is -2.31. The summed E-state index contributed by atoms with van der Waals surface area (Å²) >= 11 is 12.6. The summed E-state index contributed by atoms with van der Waals surface area (Å²) in [5, 5.41) is 4.16. The summed E-state index contributed by atoms with van der Waals surface area (Å²) in [6.45, 7) is 0. The summed E-state index contributed by atoms with van der Waals surface area (Å²) in [5.74, 6) is 0.411. The highest BCUT2D eigenvalue weighted by molar-refractivity contribution is 6.37. The molecule has 3 aromatic rings. The van der Waals surface area contributed by atoms with Crippen molar-refractivity contribution < 1.29 is 4.74 Å². The van der Waals surface area contributed by atoms with Gasteiger partial charge in [0, 0.05) is 18.5 Å². The summed E-state index contributed by atoms with van der Waals surface area (Å²) in [6.07, 6.45) is 3.15. The van der Waals surface area contributed by atoms with Crippen molar-refractivity contribution in [1.82, 2.24) is 24.7 Å². The molecule has 0 saturated heterocycles. The topological polar surface area (TPSA) is 123 Å². The maximum Gasteiger partial charge on any atom is 0.344 e. The molecule has 2 aromatic heterocycles. The van der Waals surface area contributed by atoms with Gasteiger partial charge >= 0.3 is 5.69 Å². The van der Waals surface area contributed by atoms with Crippen LogP contribution in [-0.2, 0) is 7.05 Å². The third-order valence-corrected chi connectivity index (χ3v) is 4.77. The van der Waals surface area contributed by atoms with Crippen LogP contribution >= 0.6 is 23.2 Å². The van der Waals surface area contributed by atoms with E-state index in [0.29, 0.717) is 11.3 Å². The van der Waals surface area contributed by atoms with E-state index >= 15 is 0 Å². The molecule has 4 rings (SSSR count). The molecule has 2 heterocycles. The van der Waals surface area contributed by atoms with E-state index in [1.807, 2.05) is 0 Å². The Kier molecular flexibility index (Phi) is 4.56. The van der Waals surface area contributed by atoms with Crippen LogP contribution in [0.2, 0.25) is 10.0 Å². The average Bonchev–Trinajstić information content (AvgIpc) is 3.47. The van der Waals surface area contributed by atoms with Crippen molar-refractivity contribution in [3.8, 4) is 22.9 Å². The first-order chi connectivity index (χ1) is 13.3. The molecular weight excluding hydrogens is 409 g/mol. The number of H-pyrrole nitrogens is 2. The molecule has 1 aromatic carbocycles. The molecule has 0 atom stereocenters. The van der Waals surface area contributed by atoms with Crippen molar-refractivity contribution in [2.24, 2.45) is 7.05 Å². The largest absolute Gasteiger partial charge is 0.434 e. The molecule has 0 aliphatic heterocycles. The van der Waals surface area contributed by atoms with Crippen LogP contribution in [0.15, 0.2) is 32.7 Å². The molecule has 11 heteroatoms. The molecule has 1 aliphatic carbocycles. The summed E-state index contributed by atoms with van der Waals surface area (Å²) in [6, 6.07) is 2.89. The van der Waals surface area contributed by atoms with Crippen molar-refractivity contribution in [1.29, 1.82) is 0 Å². The van der Waals surface area contributed by atoms with Gasteiger partial charge < -0.3 is 9.72 Å². The first kappa shape index (κ1) is 18.5. The number of nitrogens with zero attached hydrogens (tertiary/aromatic N) is 3. The van der Waals surface area contributed by atoms with Gasteiger partial charge in [0.2, 0.25) is 5.88 Å². The molecule has 1 saturated carbocycles. The summed E-state index contributed by atoms with van der Waals surface area (Å²) < 4.78 is 6.66. The van der Waals surface area contributed by atoms with Crippen LogP contribution in [0.3, 0.4) is 0 Å². The number of benzene rings is 1. The van der Waals surface area contributed by atoms with Crippen LogP contribution in [0.4, 0.5) is 0 Å². The van der Waals surface area contributed by atoms with E-state index in [4.69, 9.17) is 27.9 Å². The molecule has 2 N–H and O–H groups in total. The number of aromatic amines is 2. The lowest BCUT2D eigenvalue weighted by molar-refractivity contribution is 0.457. The molecule has 0 bridgehead atoms. The molecule has 144 valence electrons. The van der Waals surface area contributed by atoms with E-state index < -0.39 is 11.2 Å². The first-order valence-corrected chi connectivity index (χ1v) is 9.03. The van der Waals surface area contributed by atoms with E-state index in [1.165, 1.54) is 25.4 Å². The summed E-state index contributed by atoms with van der Waals surface area (Å²) in [4.78, 5) is 44.3. The Balaban J connectivity index is 1.72. The van der Waals surface area contributed by atoms with Crippen LogP contribution in [0.1, 0.15) is 24.5 Å². The molecule has 0 amide bonds. The van der Waals surface area contributed by atoms with Crippen molar-refractivity contribution in [2.75, 3.05) is 0 Å². The van der Waals surface area contributed by atoms with Crippen molar-refractivity contribution in [2.45, 2.75) is 18.8 Å². The lowest BCUT2D eigenvalue weighted by atomic mass is 10.1. The Morgan fingerprint density at radius 3 is 2.46 bits per heavy atom. The average molecular weight is 422 g/mol. The minimum Gasteiger partial charge on any atom is -0.434 e. The zero-order valence-corrected chi connectivity index (χ0v) is 16.0. The van der Waals surface area contributed by atoms with Crippen LogP contribution in [0.25, 0.3) is 11.3 Å². The van der Waals surface area contributed by atoms with Gasteiger partial charge in [0.05, 0.1) is 16.2 Å². The molecular formula is C17H13Cl2N5O4. The third kappa shape index (κ3) is 3.46. The van der Waals surface area contributed by atoms with E-state index in [1.54, 1.807) is 0 Å². The van der Waals surface area contributed by atoms with Gasteiger partial charge in [0.15, 0.2) is 11.4 Å². The van der Waals surface area contributed by atoms with Gasteiger partial charge in [0.25, 0.3) is 11.1 Å². The zero-order valence-electron chi connectivity index (χ0n) is 14.5. The van der Waals surface area contributed by atoms with Gasteiger partial charge in [-0.2, -0.15) is 5.10 Å². The highest BCUT2D eigenvalue weighted by Gasteiger charge is 2.28. The van der Waals surface area contributed by atoms with Gasteiger partial charge in [-0.05, 0) is 25.0 Å². The number of aryl methyl sites for hydroxylation is 1. The maximum atomic E-state index is 12.0. The summed E-state index contributed by atoms with van der Waals surface area (Å²) in [5.41, 5.74) is -0.839. The van der Waals surface area contributed by atoms with Crippen molar-refractivity contribution >= 4 is 23.2 Å². The fraction of sp³-hybridized carbons (Fsp3) is 0.235. The van der Waals surface area contributed by atoms with Gasteiger partial charge in [0.1, 0.15) is 5.69 Å². The highest BCUT2D eigenvalue weighted by atomic mass is 35.5. The molecule has 0 unspecified atom stereocenters. The minimum atomic E-state index is -0.666. The Morgan fingerprint density at radius 1 is 1.14 bits per heavy atom.